The molecule has 0 heterocycles. The minimum absolute atomic E-state index is 0.0427. The van der Waals surface area contributed by atoms with Crippen LogP contribution in [0.1, 0.15) is 26.2 Å². The van der Waals surface area contributed by atoms with Crippen molar-refractivity contribution in [3.63, 3.8) is 0 Å². The molecule has 1 unspecified atom stereocenters. The molecule has 0 aliphatic carbocycles. The largest absolute Gasteiger partial charge is 0.411 e. The minimum Gasteiger partial charge on any atom is -0.372 e. The molecule has 0 bridgehead atoms. The second-order valence-corrected chi connectivity index (χ2v) is 3.65. The molecule has 0 saturated carbocycles. The van der Waals surface area contributed by atoms with E-state index in [0.717, 1.165) is 0 Å². The quantitative estimate of drug-likeness (QED) is 0.702. The number of nitrogens with zero attached hydrogens (tertiary/aromatic N) is 1. The summed E-state index contributed by atoms with van der Waals surface area (Å²) < 4.78 is 39.3. The van der Waals surface area contributed by atoms with Crippen LogP contribution in [-0.4, -0.2) is 24.9 Å². The van der Waals surface area contributed by atoms with Crippen molar-refractivity contribution in [3.05, 3.63) is 0 Å². The molecule has 0 rings (SSSR count). The third kappa shape index (κ3) is 9.50. The molecule has 3 nitrogen and oxygen atoms in total. The lowest BCUT2D eigenvalue weighted by Gasteiger charge is -2.14. The Labute approximate surface area is 87.0 Å². The van der Waals surface area contributed by atoms with Gasteiger partial charge in [-0.05, 0) is 26.2 Å². The van der Waals surface area contributed by atoms with Crippen LogP contribution in [0, 0.1) is 11.3 Å². The average Bonchev–Trinajstić information content (AvgIpc) is 2.09. The zero-order chi connectivity index (χ0) is 11.9. The number of hydrogen-bond acceptors (Lipinski definition) is 3. The summed E-state index contributed by atoms with van der Waals surface area (Å²) in [6, 6.07) is 1.91. The highest BCUT2D eigenvalue weighted by Gasteiger charge is 2.27. The molecule has 6 heteroatoms. The Kier molecular flexibility index (Phi) is 5.61. The number of nitriles is 1. The highest BCUT2D eigenvalue weighted by molar-refractivity contribution is 5.00. The van der Waals surface area contributed by atoms with Crippen LogP contribution < -0.4 is 5.73 Å². The second-order valence-electron chi connectivity index (χ2n) is 3.65. The molecular formula is C9H15F3N2O. The molecule has 1 atom stereocenters. The number of halogens is 3. The fourth-order valence-corrected chi connectivity index (χ4v) is 0.940. The Hall–Kier alpha value is -0.800. The van der Waals surface area contributed by atoms with E-state index < -0.39 is 18.3 Å². The zero-order valence-electron chi connectivity index (χ0n) is 8.60. The van der Waals surface area contributed by atoms with Crippen molar-refractivity contribution in [3.8, 4) is 6.07 Å². The fourth-order valence-electron chi connectivity index (χ4n) is 0.940. The number of rotatable bonds is 6. The molecule has 88 valence electrons. The highest BCUT2D eigenvalue weighted by atomic mass is 19.4. The van der Waals surface area contributed by atoms with Gasteiger partial charge in [0.1, 0.15) is 12.1 Å². The van der Waals surface area contributed by atoms with E-state index in [0.29, 0.717) is 19.3 Å². The Morgan fingerprint density at radius 2 is 1.93 bits per heavy atom. The lowest BCUT2D eigenvalue weighted by Crippen LogP contribution is -2.33. The molecule has 0 aliphatic heterocycles. The van der Waals surface area contributed by atoms with Crippen LogP contribution in [0.15, 0.2) is 0 Å². The molecule has 0 amide bonds. The summed E-state index contributed by atoms with van der Waals surface area (Å²) in [5, 5.41) is 8.55. The molecule has 0 aromatic carbocycles. The average molecular weight is 224 g/mol. The first-order chi connectivity index (χ1) is 6.77. The standard InChI is InChI=1S/C9H15F3N2O/c1-8(14,6-13)4-2-3-5-15-7-9(10,11)12/h2-5,7,14H2,1H3. The summed E-state index contributed by atoms with van der Waals surface area (Å²) in [7, 11) is 0. The van der Waals surface area contributed by atoms with Gasteiger partial charge in [0.05, 0.1) is 6.07 Å². The fraction of sp³-hybridized carbons (Fsp3) is 0.889. The first kappa shape index (κ1) is 14.2. The Morgan fingerprint density at radius 3 is 2.40 bits per heavy atom. The number of unbranched alkanes of at least 4 members (excludes halogenated alkanes) is 1. The summed E-state index contributed by atoms with van der Waals surface area (Å²) >= 11 is 0. The van der Waals surface area contributed by atoms with Crippen molar-refractivity contribution in [2.75, 3.05) is 13.2 Å². The van der Waals surface area contributed by atoms with Crippen LogP contribution in [0.4, 0.5) is 13.2 Å². The lowest BCUT2D eigenvalue weighted by molar-refractivity contribution is -0.174. The van der Waals surface area contributed by atoms with Gasteiger partial charge in [-0.25, -0.2) is 0 Å². The molecule has 0 saturated heterocycles. The number of ether oxygens (including phenoxy) is 1. The van der Waals surface area contributed by atoms with Gasteiger partial charge in [-0.3, -0.25) is 0 Å². The van der Waals surface area contributed by atoms with Gasteiger partial charge in [-0.1, -0.05) is 0 Å². The van der Waals surface area contributed by atoms with Gasteiger partial charge in [-0.2, -0.15) is 18.4 Å². The van der Waals surface area contributed by atoms with Crippen molar-refractivity contribution < 1.29 is 17.9 Å². The van der Waals surface area contributed by atoms with Gasteiger partial charge in [0.25, 0.3) is 0 Å². The maximum atomic E-state index is 11.6. The molecule has 0 fully saturated rings. The monoisotopic (exact) mass is 224 g/mol. The van der Waals surface area contributed by atoms with Crippen molar-refractivity contribution in [2.24, 2.45) is 5.73 Å². The summed E-state index contributed by atoms with van der Waals surface area (Å²) in [6.07, 6.45) is -2.75. The Bertz CT molecular complexity index is 220. The van der Waals surface area contributed by atoms with Crippen molar-refractivity contribution in [2.45, 2.75) is 37.9 Å². The first-order valence-electron chi connectivity index (χ1n) is 4.61. The van der Waals surface area contributed by atoms with Crippen LogP contribution in [0.2, 0.25) is 0 Å². The van der Waals surface area contributed by atoms with Crippen LogP contribution in [0.25, 0.3) is 0 Å². The van der Waals surface area contributed by atoms with Crippen LogP contribution in [0.3, 0.4) is 0 Å². The van der Waals surface area contributed by atoms with Gasteiger partial charge in [-0.15, -0.1) is 0 Å². The highest BCUT2D eigenvalue weighted by Crippen LogP contribution is 2.15. The molecular weight excluding hydrogens is 209 g/mol. The smallest absolute Gasteiger partial charge is 0.372 e. The van der Waals surface area contributed by atoms with Crippen LogP contribution in [0.5, 0.6) is 0 Å². The van der Waals surface area contributed by atoms with E-state index in [1.807, 2.05) is 6.07 Å². The zero-order valence-corrected chi connectivity index (χ0v) is 8.60. The van der Waals surface area contributed by atoms with E-state index in [1.54, 1.807) is 6.92 Å². The maximum Gasteiger partial charge on any atom is 0.411 e. The number of hydrogen-bond donors (Lipinski definition) is 1. The van der Waals surface area contributed by atoms with Gasteiger partial charge in [0, 0.05) is 6.61 Å². The summed E-state index contributed by atoms with van der Waals surface area (Å²) in [5.74, 6) is 0. The van der Waals surface area contributed by atoms with Crippen molar-refractivity contribution in [1.29, 1.82) is 5.26 Å². The normalized spacial score (nSPS) is 15.7. The Balaban J connectivity index is 3.38. The molecule has 0 spiro atoms. The van der Waals surface area contributed by atoms with Gasteiger partial charge in [0.15, 0.2) is 0 Å². The third-order valence-electron chi connectivity index (χ3n) is 1.76. The van der Waals surface area contributed by atoms with Crippen LogP contribution >= 0.6 is 0 Å². The van der Waals surface area contributed by atoms with E-state index in [1.165, 1.54) is 0 Å². The van der Waals surface area contributed by atoms with Gasteiger partial charge >= 0.3 is 6.18 Å². The molecule has 0 aliphatic rings. The van der Waals surface area contributed by atoms with Gasteiger partial charge in [0.2, 0.25) is 0 Å². The van der Waals surface area contributed by atoms with Crippen molar-refractivity contribution >= 4 is 0 Å². The molecule has 2 N–H and O–H groups in total. The molecule has 0 aromatic rings. The second kappa shape index (κ2) is 5.93. The van der Waals surface area contributed by atoms with Gasteiger partial charge < -0.3 is 10.5 Å². The third-order valence-corrected chi connectivity index (χ3v) is 1.76. The minimum atomic E-state index is -4.27. The first-order valence-corrected chi connectivity index (χ1v) is 4.61. The van der Waals surface area contributed by atoms with E-state index in [2.05, 4.69) is 4.74 Å². The summed E-state index contributed by atoms with van der Waals surface area (Å²) in [5.41, 5.74) is 4.62. The topological polar surface area (TPSA) is 59.0 Å². The molecule has 15 heavy (non-hydrogen) atoms. The molecule has 0 radical (unpaired) electrons. The predicted octanol–water partition coefficient (Wildman–Crippen LogP) is 1.98. The maximum absolute atomic E-state index is 11.6. The number of nitrogens with two attached hydrogens (primary N) is 1. The SMILES string of the molecule is CC(N)(C#N)CCCCOCC(F)(F)F. The van der Waals surface area contributed by atoms with E-state index in [9.17, 15) is 13.2 Å². The molecule has 0 aromatic heterocycles. The summed E-state index contributed by atoms with van der Waals surface area (Å²) in [6.45, 7) is 0.412. The van der Waals surface area contributed by atoms with E-state index in [-0.39, 0.29) is 6.61 Å². The summed E-state index contributed by atoms with van der Waals surface area (Å²) in [4.78, 5) is 0. The number of alkyl halides is 3. The van der Waals surface area contributed by atoms with E-state index >= 15 is 0 Å². The van der Waals surface area contributed by atoms with E-state index in [4.69, 9.17) is 11.0 Å². The Morgan fingerprint density at radius 1 is 1.33 bits per heavy atom. The van der Waals surface area contributed by atoms with Crippen molar-refractivity contribution in [1.82, 2.24) is 0 Å². The van der Waals surface area contributed by atoms with Crippen LogP contribution in [-0.2, 0) is 4.74 Å². The predicted molar refractivity (Wildman–Crippen MR) is 48.9 cm³/mol. The lowest BCUT2D eigenvalue weighted by atomic mass is 9.98.